The van der Waals surface area contributed by atoms with Crippen LogP contribution in [0, 0.1) is 5.82 Å². The molecule has 0 aliphatic rings. The van der Waals surface area contributed by atoms with E-state index in [1.54, 1.807) is 18.4 Å². The lowest BCUT2D eigenvalue weighted by Crippen LogP contribution is -2.20. The summed E-state index contributed by atoms with van der Waals surface area (Å²) in [5.74, 6) is 0.761. The molecule has 0 saturated heterocycles. The Hall–Kier alpha value is -1.33. The molecule has 0 aliphatic carbocycles. The van der Waals surface area contributed by atoms with Crippen molar-refractivity contribution in [1.82, 2.24) is 5.32 Å². The van der Waals surface area contributed by atoms with E-state index in [2.05, 4.69) is 21.2 Å². The molecule has 1 N–H and O–H groups in total. The van der Waals surface area contributed by atoms with Crippen molar-refractivity contribution >= 4 is 15.9 Å². The molecule has 0 amide bonds. The van der Waals surface area contributed by atoms with Crippen LogP contribution >= 0.6 is 15.9 Å². The summed E-state index contributed by atoms with van der Waals surface area (Å²) in [6, 6.07) is 8.35. The Balaban J connectivity index is 1.70. The van der Waals surface area contributed by atoms with Gasteiger partial charge in [-0.05, 0) is 30.3 Å². The molecular formula is C13H13BrFNO2. The fourth-order valence-corrected chi connectivity index (χ4v) is 1.79. The first-order chi connectivity index (χ1) is 8.75. The van der Waals surface area contributed by atoms with Gasteiger partial charge in [0.25, 0.3) is 0 Å². The van der Waals surface area contributed by atoms with Gasteiger partial charge in [0, 0.05) is 11.0 Å². The monoisotopic (exact) mass is 313 g/mol. The number of hydrogen-bond acceptors (Lipinski definition) is 3. The first-order valence-electron chi connectivity index (χ1n) is 5.56. The third-order valence-electron chi connectivity index (χ3n) is 2.31. The zero-order valence-electron chi connectivity index (χ0n) is 9.66. The van der Waals surface area contributed by atoms with Crippen LogP contribution < -0.4 is 10.1 Å². The van der Waals surface area contributed by atoms with E-state index in [9.17, 15) is 4.39 Å². The average molecular weight is 314 g/mol. The number of benzene rings is 1. The van der Waals surface area contributed by atoms with Crippen LogP contribution in [0.2, 0.25) is 0 Å². The van der Waals surface area contributed by atoms with Crippen LogP contribution in [0.1, 0.15) is 5.76 Å². The second-order valence-electron chi connectivity index (χ2n) is 3.68. The van der Waals surface area contributed by atoms with Crippen LogP contribution in [0.15, 0.2) is 45.5 Å². The smallest absolute Gasteiger partial charge is 0.165 e. The number of halogens is 2. The van der Waals surface area contributed by atoms with Gasteiger partial charge >= 0.3 is 0 Å². The van der Waals surface area contributed by atoms with Crippen LogP contribution in [0.4, 0.5) is 4.39 Å². The van der Waals surface area contributed by atoms with Crippen molar-refractivity contribution < 1.29 is 13.5 Å². The number of nitrogens with one attached hydrogen (secondary N) is 1. The van der Waals surface area contributed by atoms with Crippen molar-refractivity contribution in [2.45, 2.75) is 6.54 Å². The number of ether oxygens (including phenoxy) is 1. The maximum Gasteiger partial charge on any atom is 0.165 e. The van der Waals surface area contributed by atoms with E-state index in [-0.39, 0.29) is 11.6 Å². The van der Waals surface area contributed by atoms with E-state index >= 15 is 0 Å². The van der Waals surface area contributed by atoms with E-state index in [0.717, 1.165) is 10.2 Å². The zero-order valence-corrected chi connectivity index (χ0v) is 11.2. The third kappa shape index (κ3) is 3.85. The summed E-state index contributed by atoms with van der Waals surface area (Å²) < 4.78 is 24.6. The largest absolute Gasteiger partial charge is 0.489 e. The Morgan fingerprint density at radius 3 is 3.00 bits per heavy atom. The molecule has 2 rings (SSSR count). The van der Waals surface area contributed by atoms with E-state index in [1.807, 2.05) is 12.1 Å². The molecule has 0 fully saturated rings. The van der Waals surface area contributed by atoms with E-state index in [1.165, 1.54) is 6.07 Å². The van der Waals surface area contributed by atoms with Gasteiger partial charge in [-0.2, -0.15) is 0 Å². The Kier molecular flexibility index (Phi) is 4.78. The van der Waals surface area contributed by atoms with Gasteiger partial charge in [-0.3, -0.25) is 0 Å². The SMILES string of the molecule is Fc1ccc(Br)cc1OCCNCc1ccco1. The number of rotatable bonds is 6. The van der Waals surface area contributed by atoms with Crippen molar-refractivity contribution in [3.63, 3.8) is 0 Å². The number of hydrogen-bond donors (Lipinski definition) is 1. The average Bonchev–Trinajstić information content (AvgIpc) is 2.86. The van der Waals surface area contributed by atoms with Gasteiger partial charge in [0.15, 0.2) is 11.6 Å². The zero-order chi connectivity index (χ0) is 12.8. The summed E-state index contributed by atoms with van der Waals surface area (Å²) in [5.41, 5.74) is 0. The molecule has 0 unspecified atom stereocenters. The molecule has 0 radical (unpaired) electrons. The van der Waals surface area contributed by atoms with Crippen molar-refractivity contribution in [2.24, 2.45) is 0 Å². The third-order valence-corrected chi connectivity index (χ3v) is 2.80. The normalized spacial score (nSPS) is 10.6. The lowest BCUT2D eigenvalue weighted by Gasteiger charge is -2.08. The summed E-state index contributed by atoms with van der Waals surface area (Å²) in [7, 11) is 0. The Morgan fingerprint density at radius 2 is 2.22 bits per heavy atom. The lowest BCUT2D eigenvalue weighted by molar-refractivity contribution is 0.296. The second kappa shape index (κ2) is 6.56. The first kappa shape index (κ1) is 13.1. The quantitative estimate of drug-likeness (QED) is 0.830. The van der Waals surface area contributed by atoms with Gasteiger partial charge in [0.2, 0.25) is 0 Å². The summed E-state index contributed by atoms with van der Waals surface area (Å²) >= 11 is 3.27. The van der Waals surface area contributed by atoms with Crippen molar-refractivity contribution in [3.8, 4) is 5.75 Å². The van der Waals surface area contributed by atoms with Crippen LogP contribution in [0.25, 0.3) is 0 Å². The standard InChI is InChI=1S/C13H13BrFNO2/c14-10-3-4-12(15)13(8-10)18-7-5-16-9-11-2-1-6-17-11/h1-4,6,8,16H,5,7,9H2. The van der Waals surface area contributed by atoms with Gasteiger partial charge in [-0.15, -0.1) is 0 Å². The van der Waals surface area contributed by atoms with Crippen molar-refractivity contribution in [2.75, 3.05) is 13.2 Å². The van der Waals surface area contributed by atoms with Crippen LogP contribution in [0.3, 0.4) is 0 Å². The molecule has 0 bridgehead atoms. The number of furan rings is 1. The molecule has 5 heteroatoms. The predicted octanol–water partition coefficient (Wildman–Crippen LogP) is 3.35. The van der Waals surface area contributed by atoms with Gasteiger partial charge in [0.1, 0.15) is 12.4 Å². The highest BCUT2D eigenvalue weighted by Gasteiger charge is 2.03. The first-order valence-corrected chi connectivity index (χ1v) is 6.36. The molecule has 96 valence electrons. The van der Waals surface area contributed by atoms with Gasteiger partial charge in [0.05, 0.1) is 12.8 Å². The van der Waals surface area contributed by atoms with E-state index < -0.39 is 0 Å². The molecule has 3 nitrogen and oxygen atoms in total. The van der Waals surface area contributed by atoms with Crippen molar-refractivity contribution in [1.29, 1.82) is 0 Å². The fourth-order valence-electron chi connectivity index (χ4n) is 1.45. The molecule has 0 saturated carbocycles. The molecule has 0 aliphatic heterocycles. The highest BCUT2D eigenvalue weighted by atomic mass is 79.9. The van der Waals surface area contributed by atoms with Gasteiger partial charge in [-0.25, -0.2) is 4.39 Å². The minimum atomic E-state index is -0.357. The summed E-state index contributed by atoms with van der Waals surface area (Å²) in [6.45, 7) is 1.65. The minimum absolute atomic E-state index is 0.254. The Morgan fingerprint density at radius 1 is 1.33 bits per heavy atom. The van der Waals surface area contributed by atoms with Crippen molar-refractivity contribution in [3.05, 3.63) is 52.6 Å². The summed E-state index contributed by atoms with van der Waals surface area (Å²) in [4.78, 5) is 0. The van der Waals surface area contributed by atoms with Gasteiger partial charge < -0.3 is 14.5 Å². The van der Waals surface area contributed by atoms with E-state index in [4.69, 9.17) is 9.15 Å². The van der Waals surface area contributed by atoms with E-state index in [0.29, 0.717) is 19.7 Å². The Labute approximate surface area is 113 Å². The fraction of sp³-hybridized carbons (Fsp3) is 0.231. The maximum absolute atomic E-state index is 13.3. The maximum atomic E-state index is 13.3. The molecular weight excluding hydrogens is 301 g/mol. The minimum Gasteiger partial charge on any atom is -0.489 e. The summed E-state index contributed by atoms with van der Waals surface area (Å²) in [5, 5.41) is 3.14. The molecule has 0 spiro atoms. The molecule has 1 heterocycles. The lowest BCUT2D eigenvalue weighted by atomic mass is 10.3. The highest BCUT2D eigenvalue weighted by Crippen LogP contribution is 2.21. The molecule has 1 aromatic carbocycles. The predicted molar refractivity (Wildman–Crippen MR) is 70.0 cm³/mol. The topological polar surface area (TPSA) is 34.4 Å². The molecule has 0 atom stereocenters. The van der Waals surface area contributed by atoms with Gasteiger partial charge in [-0.1, -0.05) is 15.9 Å². The van der Waals surface area contributed by atoms with Crippen LogP contribution in [-0.2, 0) is 6.54 Å². The summed E-state index contributed by atoms with van der Waals surface area (Å²) in [6.07, 6.45) is 1.63. The second-order valence-corrected chi connectivity index (χ2v) is 4.60. The molecule has 1 aromatic heterocycles. The molecule has 2 aromatic rings. The molecule has 18 heavy (non-hydrogen) atoms. The van der Waals surface area contributed by atoms with Crippen LogP contribution in [0.5, 0.6) is 5.75 Å². The Bertz CT molecular complexity index is 488. The van der Waals surface area contributed by atoms with Crippen LogP contribution in [-0.4, -0.2) is 13.2 Å². The highest BCUT2D eigenvalue weighted by molar-refractivity contribution is 9.10.